The minimum absolute atomic E-state index is 0.0190. The first-order chi connectivity index (χ1) is 13.7. The minimum Gasteiger partial charge on any atom is -0.487 e. The van der Waals surface area contributed by atoms with Crippen LogP contribution in [0, 0.1) is 12.7 Å². The maximum absolute atomic E-state index is 13.6. The van der Waals surface area contributed by atoms with Gasteiger partial charge in [-0.3, -0.25) is 8.98 Å². The van der Waals surface area contributed by atoms with Crippen molar-refractivity contribution in [2.45, 2.75) is 43.5 Å². The maximum Gasteiger partial charge on any atom is 0.303 e. The number of aliphatic hydroxyl groups is 1. The number of fused-ring (bicyclic) bond motifs is 1. The molecule has 1 aliphatic rings. The molecule has 3 rings (SSSR count). The highest BCUT2D eigenvalue weighted by Crippen LogP contribution is 2.38. The average molecular weight is 424 g/mol. The fraction of sp³-hybridized carbons (Fsp3) is 0.350. The smallest absolute Gasteiger partial charge is 0.303 e. The lowest BCUT2D eigenvalue weighted by atomic mass is 9.96. The lowest BCUT2D eigenvalue weighted by Gasteiger charge is -2.33. The SMILES string of the molecule is CC(=O)O[C@H]1C[C@H]([C@@H](O)COS(=O)(=O)c2ccc(C)cc2)Oc2ccc(F)cc21. The molecule has 0 amide bonds. The van der Waals surface area contributed by atoms with Crippen molar-refractivity contribution in [3.63, 3.8) is 0 Å². The van der Waals surface area contributed by atoms with Crippen molar-refractivity contribution in [2.24, 2.45) is 0 Å². The number of aliphatic hydroxyl groups excluding tert-OH is 1. The van der Waals surface area contributed by atoms with Crippen LogP contribution in [0.15, 0.2) is 47.4 Å². The highest BCUT2D eigenvalue weighted by Gasteiger charge is 2.35. The summed E-state index contributed by atoms with van der Waals surface area (Å²) in [4.78, 5) is 11.4. The molecule has 9 heteroatoms. The van der Waals surface area contributed by atoms with E-state index in [2.05, 4.69) is 0 Å². The molecule has 0 saturated heterocycles. The van der Waals surface area contributed by atoms with Crippen LogP contribution in [0.1, 0.15) is 30.6 Å². The van der Waals surface area contributed by atoms with Gasteiger partial charge in [0.25, 0.3) is 10.1 Å². The molecule has 0 fully saturated rings. The molecule has 2 aromatic carbocycles. The molecule has 29 heavy (non-hydrogen) atoms. The first kappa shape index (κ1) is 21.2. The summed E-state index contributed by atoms with van der Waals surface area (Å²) < 4.78 is 54.0. The van der Waals surface area contributed by atoms with Crippen molar-refractivity contribution in [1.82, 2.24) is 0 Å². The van der Waals surface area contributed by atoms with Gasteiger partial charge in [-0.1, -0.05) is 17.7 Å². The van der Waals surface area contributed by atoms with Gasteiger partial charge >= 0.3 is 5.97 Å². The van der Waals surface area contributed by atoms with Gasteiger partial charge in [0, 0.05) is 18.9 Å². The van der Waals surface area contributed by atoms with Crippen LogP contribution >= 0.6 is 0 Å². The number of carbonyl (C=O) groups excluding carboxylic acids is 1. The van der Waals surface area contributed by atoms with Gasteiger partial charge in [0.05, 0.1) is 11.5 Å². The van der Waals surface area contributed by atoms with Crippen LogP contribution in [-0.4, -0.2) is 38.3 Å². The predicted molar refractivity (Wildman–Crippen MR) is 100 cm³/mol. The Morgan fingerprint density at radius 1 is 1.28 bits per heavy atom. The molecule has 3 atom stereocenters. The molecule has 1 heterocycles. The molecule has 0 unspecified atom stereocenters. The number of halogens is 1. The monoisotopic (exact) mass is 424 g/mol. The van der Waals surface area contributed by atoms with E-state index in [1.165, 1.54) is 37.3 Å². The topological polar surface area (TPSA) is 99.1 Å². The Morgan fingerprint density at radius 2 is 1.97 bits per heavy atom. The van der Waals surface area contributed by atoms with Gasteiger partial charge in [0.1, 0.15) is 29.9 Å². The second kappa shape index (κ2) is 8.48. The summed E-state index contributed by atoms with van der Waals surface area (Å²) in [5, 5.41) is 10.4. The Kier molecular flexibility index (Phi) is 6.21. The first-order valence-electron chi connectivity index (χ1n) is 8.93. The fourth-order valence-corrected chi connectivity index (χ4v) is 3.94. The Balaban J connectivity index is 1.72. The number of hydrogen-bond acceptors (Lipinski definition) is 7. The van der Waals surface area contributed by atoms with E-state index in [0.717, 1.165) is 5.56 Å². The van der Waals surface area contributed by atoms with Gasteiger partial charge in [-0.15, -0.1) is 0 Å². The van der Waals surface area contributed by atoms with Gasteiger partial charge in [-0.25, -0.2) is 4.39 Å². The molecular formula is C20H21FO7S. The minimum atomic E-state index is -4.06. The normalized spacial score (nSPS) is 19.7. The molecule has 0 bridgehead atoms. The van der Waals surface area contributed by atoms with E-state index in [1.54, 1.807) is 12.1 Å². The van der Waals surface area contributed by atoms with Crippen molar-refractivity contribution in [2.75, 3.05) is 6.61 Å². The third-order valence-electron chi connectivity index (χ3n) is 4.48. The van der Waals surface area contributed by atoms with Crippen molar-refractivity contribution < 1.29 is 36.4 Å². The molecule has 0 saturated carbocycles. The second-order valence-corrected chi connectivity index (χ2v) is 8.41. The number of aryl methyl sites for hydroxylation is 1. The van der Waals surface area contributed by atoms with E-state index < -0.39 is 46.8 Å². The molecule has 0 spiro atoms. The zero-order valence-electron chi connectivity index (χ0n) is 15.9. The standard InChI is InChI=1S/C20H21FO7S/c1-12-3-6-15(7-4-12)29(24,25)26-11-17(23)20-10-19(27-13(2)22)16-9-14(21)5-8-18(16)28-20/h3-9,17,19-20,23H,10-11H2,1-2H3/t17-,19-,20+/m0/s1. The average Bonchev–Trinajstić information content (AvgIpc) is 2.66. The van der Waals surface area contributed by atoms with Crippen molar-refractivity contribution >= 4 is 16.1 Å². The number of hydrogen-bond donors (Lipinski definition) is 1. The number of esters is 1. The number of rotatable bonds is 6. The van der Waals surface area contributed by atoms with Crippen LogP contribution in [-0.2, 0) is 23.8 Å². The van der Waals surface area contributed by atoms with E-state index in [9.17, 15) is 22.7 Å². The first-order valence-corrected chi connectivity index (χ1v) is 10.3. The zero-order valence-corrected chi connectivity index (χ0v) is 16.7. The van der Waals surface area contributed by atoms with E-state index in [0.29, 0.717) is 5.56 Å². The lowest BCUT2D eigenvalue weighted by molar-refractivity contribution is -0.150. The molecule has 2 aromatic rings. The van der Waals surface area contributed by atoms with Crippen LogP contribution in [0.3, 0.4) is 0 Å². The summed E-state index contributed by atoms with van der Waals surface area (Å²) in [6, 6.07) is 9.84. The predicted octanol–water partition coefficient (Wildman–Crippen LogP) is 2.66. The summed E-state index contributed by atoms with van der Waals surface area (Å²) in [6.07, 6.45) is -3.05. The number of carbonyl (C=O) groups is 1. The van der Waals surface area contributed by atoms with E-state index >= 15 is 0 Å². The van der Waals surface area contributed by atoms with Crippen LogP contribution in [0.25, 0.3) is 0 Å². The quantitative estimate of drug-likeness (QED) is 0.562. The Hall–Kier alpha value is -2.49. The molecule has 1 aliphatic heterocycles. The zero-order chi connectivity index (χ0) is 21.2. The van der Waals surface area contributed by atoms with Gasteiger partial charge < -0.3 is 14.6 Å². The third kappa shape index (κ3) is 5.11. The highest BCUT2D eigenvalue weighted by molar-refractivity contribution is 7.86. The summed E-state index contributed by atoms with van der Waals surface area (Å²) in [7, 11) is -4.06. The second-order valence-electron chi connectivity index (χ2n) is 6.79. The van der Waals surface area contributed by atoms with Gasteiger partial charge in [-0.05, 0) is 37.3 Å². The number of ether oxygens (including phenoxy) is 2. The highest BCUT2D eigenvalue weighted by atomic mass is 32.2. The molecule has 7 nitrogen and oxygen atoms in total. The van der Waals surface area contributed by atoms with Gasteiger partial charge in [0.2, 0.25) is 0 Å². The fourth-order valence-electron chi connectivity index (χ4n) is 3.01. The maximum atomic E-state index is 13.6. The Labute approximate surface area is 168 Å². The van der Waals surface area contributed by atoms with E-state index in [4.69, 9.17) is 13.7 Å². The molecule has 0 radical (unpaired) electrons. The molecular weight excluding hydrogens is 403 g/mol. The largest absolute Gasteiger partial charge is 0.487 e. The molecule has 0 aromatic heterocycles. The van der Waals surface area contributed by atoms with Crippen molar-refractivity contribution in [1.29, 1.82) is 0 Å². The Morgan fingerprint density at radius 3 is 2.62 bits per heavy atom. The molecule has 0 aliphatic carbocycles. The lowest BCUT2D eigenvalue weighted by Crippen LogP contribution is -2.40. The summed E-state index contributed by atoms with van der Waals surface area (Å²) in [5.41, 5.74) is 1.24. The van der Waals surface area contributed by atoms with Crippen LogP contribution in [0.4, 0.5) is 4.39 Å². The summed E-state index contributed by atoms with van der Waals surface area (Å²) >= 11 is 0. The number of benzene rings is 2. The van der Waals surface area contributed by atoms with Crippen molar-refractivity contribution in [3.8, 4) is 5.75 Å². The van der Waals surface area contributed by atoms with E-state index in [1.807, 2.05) is 6.92 Å². The third-order valence-corrected chi connectivity index (χ3v) is 5.78. The summed E-state index contributed by atoms with van der Waals surface area (Å²) in [5.74, 6) is -0.844. The molecule has 1 N–H and O–H groups in total. The Bertz CT molecular complexity index is 988. The van der Waals surface area contributed by atoms with E-state index in [-0.39, 0.29) is 17.1 Å². The van der Waals surface area contributed by atoms with Crippen LogP contribution < -0.4 is 4.74 Å². The summed E-state index contributed by atoms with van der Waals surface area (Å²) in [6.45, 7) is 2.49. The van der Waals surface area contributed by atoms with Crippen LogP contribution in [0.2, 0.25) is 0 Å². The van der Waals surface area contributed by atoms with Gasteiger partial charge in [0.15, 0.2) is 0 Å². The van der Waals surface area contributed by atoms with Crippen molar-refractivity contribution in [3.05, 3.63) is 59.4 Å². The molecule has 156 valence electrons. The van der Waals surface area contributed by atoms with Gasteiger partial charge in [-0.2, -0.15) is 8.42 Å². The van der Waals surface area contributed by atoms with Crippen LogP contribution in [0.5, 0.6) is 5.75 Å².